The molecule has 2 N–H and O–H groups in total. The van der Waals surface area contributed by atoms with Gasteiger partial charge in [0.05, 0.1) is 5.02 Å². The van der Waals surface area contributed by atoms with Crippen LogP contribution in [-0.4, -0.2) is 17.9 Å². The lowest BCUT2D eigenvalue weighted by Crippen LogP contribution is -2.30. The molecule has 1 aliphatic rings. The Balaban J connectivity index is 1.74. The summed E-state index contributed by atoms with van der Waals surface area (Å²) < 4.78 is 0. The smallest absolute Gasteiger partial charge is 0.319 e. The van der Waals surface area contributed by atoms with E-state index in [1.165, 1.54) is 0 Å². The van der Waals surface area contributed by atoms with Gasteiger partial charge in [-0.25, -0.2) is 4.79 Å². The van der Waals surface area contributed by atoms with Crippen molar-refractivity contribution in [2.24, 2.45) is 0 Å². The van der Waals surface area contributed by atoms with E-state index in [1.807, 2.05) is 0 Å². The van der Waals surface area contributed by atoms with Crippen LogP contribution in [0, 0.1) is 0 Å². The summed E-state index contributed by atoms with van der Waals surface area (Å²) in [7, 11) is 0. The van der Waals surface area contributed by atoms with E-state index >= 15 is 0 Å². The van der Waals surface area contributed by atoms with Crippen molar-refractivity contribution in [1.29, 1.82) is 0 Å². The predicted molar refractivity (Wildman–Crippen MR) is 91.5 cm³/mol. The van der Waals surface area contributed by atoms with Crippen LogP contribution < -0.4 is 10.6 Å². The Bertz CT molecular complexity index is 756. The van der Waals surface area contributed by atoms with Crippen LogP contribution in [0.3, 0.4) is 0 Å². The summed E-state index contributed by atoms with van der Waals surface area (Å²) >= 11 is 12.0. The molecule has 0 saturated heterocycles. The molecule has 2 aromatic rings. The average molecular weight is 349 g/mol. The molecule has 6 heteroatoms. The van der Waals surface area contributed by atoms with E-state index in [0.29, 0.717) is 21.8 Å². The number of amides is 2. The molecule has 1 saturated carbocycles. The summed E-state index contributed by atoms with van der Waals surface area (Å²) in [4.78, 5) is 24.1. The average Bonchev–Trinajstić information content (AvgIpc) is 3.31. The van der Waals surface area contributed by atoms with Crippen LogP contribution >= 0.6 is 23.2 Å². The van der Waals surface area contributed by atoms with Crippen LogP contribution in [0.4, 0.5) is 10.5 Å². The van der Waals surface area contributed by atoms with Crippen molar-refractivity contribution in [3.63, 3.8) is 0 Å². The standard InChI is InChI=1S/C17H14Cl2N2O2/c18-11-3-1-10(2-4-11)16(22)14-8-7-13(9-15(14)19)21-17(23)20-12-5-6-12/h1-4,7-9,12H,5-6H2,(H2,20,21,23). The zero-order chi connectivity index (χ0) is 16.4. The Morgan fingerprint density at radius 3 is 2.30 bits per heavy atom. The minimum atomic E-state index is -0.264. The van der Waals surface area contributed by atoms with Gasteiger partial charge in [0.1, 0.15) is 0 Å². The Labute approximate surface area is 143 Å². The largest absolute Gasteiger partial charge is 0.335 e. The van der Waals surface area contributed by atoms with Gasteiger partial charge in [0, 0.05) is 27.9 Å². The van der Waals surface area contributed by atoms with Gasteiger partial charge in [0.25, 0.3) is 0 Å². The number of anilines is 1. The molecular formula is C17H14Cl2N2O2. The maximum atomic E-state index is 12.4. The number of carbonyl (C=O) groups is 2. The second-order valence-corrected chi connectivity index (χ2v) is 6.25. The number of hydrogen-bond donors (Lipinski definition) is 2. The summed E-state index contributed by atoms with van der Waals surface area (Å²) in [5.74, 6) is -0.194. The molecule has 0 unspecified atom stereocenters. The fraction of sp³-hybridized carbons (Fsp3) is 0.176. The second kappa shape index (κ2) is 6.60. The molecule has 1 aliphatic carbocycles. The molecule has 0 atom stereocenters. The number of benzene rings is 2. The van der Waals surface area contributed by atoms with Gasteiger partial charge in [-0.15, -0.1) is 0 Å². The van der Waals surface area contributed by atoms with Crippen LogP contribution in [0.2, 0.25) is 10.0 Å². The minimum Gasteiger partial charge on any atom is -0.335 e. The van der Waals surface area contributed by atoms with E-state index in [9.17, 15) is 9.59 Å². The fourth-order valence-electron chi connectivity index (χ4n) is 2.11. The van der Waals surface area contributed by atoms with Crippen molar-refractivity contribution in [1.82, 2.24) is 5.32 Å². The van der Waals surface area contributed by atoms with E-state index in [0.717, 1.165) is 12.8 Å². The quantitative estimate of drug-likeness (QED) is 0.798. The molecule has 0 heterocycles. The van der Waals surface area contributed by atoms with Crippen molar-refractivity contribution in [2.75, 3.05) is 5.32 Å². The zero-order valence-electron chi connectivity index (χ0n) is 12.1. The molecule has 23 heavy (non-hydrogen) atoms. The van der Waals surface area contributed by atoms with Gasteiger partial charge in [-0.05, 0) is 55.3 Å². The second-order valence-electron chi connectivity index (χ2n) is 5.40. The third-order valence-corrected chi connectivity index (χ3v) is 4.06. The Morgan fingerprint density at radius 2 is 1.70 bits per heavy atom. The van der Waals surface area contributed by atoms with Gasteiger partial charge in [-0.3, -0.25) is 4.79 Å². The zero-order valence-corrected chi connectivity index (χ0v) is 13.6. The highest BCUT2D eigenvalue weighted by atomic mass is 35.5. The number of hydrogen-bond acceptors (Lipinski definition) is 2. The minimum absolute atomic E-state index is 0.194. The van der Waals surface area contributed by atoms with Gasteiger partial charge >= 0.3 is 6.03 Å². The molecule has 4 nitrogen and oxygen atoms in total. The van der Waals surface area contributed by atoms with E-state index in [-0.39, 0.29) is 22.9 Å². The first-order valence-electron chi connectivity index (χ1n) is 7.20. The first kappa shape index (κ1) is 15.8. The van der Waals surface area contributed by atoms with E-state index in [4.69, 9.17) is 23.2 Å². The summed E-state index contributed by atoms with van der Waals surface area (Å²) in [5.41, 5.74) is 1.42. The number of rotatable bonds is 4. The fourth-order valence-corrected chi connectivity index (χ4v) is 2.51. The molecule has 0 aromatic heterocycles. The van der Waals surface area contributed by atoms with Crippen molar-refractivity contribution < 1.29 is 9.59 Å². The van der Waals surface area contributed by atoms with Crippen LogP contribution in [-0.2, 0) is 0 Å². The predicted octanol–water partition coefficient (Wildman–Crippen LogP) is 4.51. The molecule has 2 amide bonds. The molecule has 0 aliphatic heterocycles. The Morgan fingerprint density at radius 1 is 1.00 bits per heavy atom. The summed E-state index contributed by atoms with van der Waals surface area (Å²) in [6.45, 7) is 0. The molecule has 118 valence electrons. The highest BCUT2D eigenvalue weighted by Gasteiger charge is 2.23. The third kappa shape index (κ3) is 4.03. The first-order chi connectivity index (χ1) is 11.0. The molecule has 2 aromatic carbocycles. The number of carbonyl (C=O) groups excluding carboxylic acids is 2. The lowest BCUT2D eigenvalue weighted by Gasteiger charge is -2.09. The lowest BCUT2D eigenvalue weighted by atomic mass is 10.0. The Kier molecular flexibility index (Phi) is 4.55. The number of urea groups is 1. The lowest BCUT2D eigenvalue weighted by molar-refractivity contribution is 0.103. The van der Waals surface area contributed by atoms with Gasteiger partial charge in [0.15, 0.2) is 5.78 Å². The van der Waals surface area contributed by atoms with Crippen molar-refractivity contribution in [2.45, 2.75) is 18.9 Å². The monoisotopic (exact) mass is 348 g/mol. The van der Waals surface area contributed by atoms with Crippen LogP contribution in [0.15, 0.2) is 42.5 Å². The van der Waals surface area contributed by atoms with Gasteiger partial charge in [-0.1, -0.05) is 23.2 Å². The molecule has 0 radical (unpaired) electrons. The van der Waals surface area contributed by atoms with Gasteiger partial charge < -0.3 is 10.6 Å². The first-order valence-corrected chi connectivity index (χ1v) is 7.96. The summed E-state index contributed by atoms with van der Waals surface area (Å²) in [5, 5.41) is 6.37. The van der Waals surface area contributed by atoms with E-state index in [2.05, 4.69) is 10.6 Å². The number of halogens is 2. The molecular weight excluding hydrogens is 335 g/mol. The van der Waals surface area contributed by atoms with Gasteiger partial charge in [0.2, 0.25) is 0 Å². The highest BCUT2D eigenvalue weighted by molar-refractivity contribution is 6.35. The van der Waals surface area contributed by atoms with Crippen molar-refractivity contribution >= 4 is 40.7 Å². The summed E-state index contributed by atoms with van der Waals surface area (Å²) in [6, 6.07) is 11.4. The van der Waals surface area contributed by atoms with E-state index in [1.54, 1.807) is 42.5 Å². The maximum Gasteiger partial charge on any atom is 0.319 e. The number of nitrogens with one attached hydrogen (secondary N) is 2. The molecule has 3 rings (SSSR count). The highest BCUT2D eigenvalue weighted by Crippen LogP contribution is 2.24. The molecule has 0 bridgehead atoms. The van der Waals surface area contributed by atoms with E-state index < -0.39 is 0 Å². The summed E-state index contributed by atoms with van der Waals surface area (Å²) in [6.07, 6.45) is 2.03. The topological polar surface area (TPSA) is 58.2 Å². The van der Waals surface area contributed by atoms with Crippen LogP contribution in [0.25, 0.3) is 0 Å². The number of ketones is 1. The van der Waals surface area contributed by atoms with Crippen LogP contribution in [0.1, 0.15) is 28.8 Å². The normalized spacial score (nSPS) is 13.5. The maximum absolute atomic E-state index is 12.4. The van der Waals surface area contributed by atoms with Crippen molar-refractivity contribution in [3.05, 3.63) is 63.6 Å². The third-order valence-electron chi connectivity index (χ3n) is 3.49. The SMILES string of the molecule is O=C(Nc1ccc(C(=O)c2ccc(Cl)cc2)c(Cl)c1)NC1CC1. The van der Waals surface area contributed by atoms with Gasteiger partial charge in [-0.2, -0.15) is 0 Å². The Hall–Kier alpha value is -2.04. The van der Waals surface area contributed by atoms with Crippen LogP contribution in [0.5, 0.6) is 0 Å². The van der Waals surface area contributed by atoms with Crippen molar-refractivity contribution in [3.8, 4) is 0 Å². The molecule has 0 spiro atoms. The molecule has 1 fully saturated rings.